The van der Waals surface area contributed by atoms with Crippen LogP contribution in [0.3, 0.4) is 0 Å². The van der Waals surface area contributed by atoms with E-state index in [1.807, 2.05) is 12.1 Å². The van der Waals surface area contributed by atoms with Gasteiger partial charge >= 0.3 is 0 Å². The van der Waals surface area contributed by atoms with Crippen molar-refractivity contribution in [3.63, 3.8) is 0 Å². The lowest BCUT2D eigenvalue weighted by Crippen LogP contribution is -2.19. The molecule has 0 aromatic heterocycles. The largest absolute Gasteiger partial charge is 0.313 e. The molecular formula is C13H18FN. The van der Waals surface area contributed by atoms with Gasteiger partial charge in [0.25, 0.3) is 0 Å². The Morgan fingerprint density at radius 3 is 2.80 bits per heavy atom. The van der Waals surface area contributed by atoms with Crippen molar-refractivity contribution in [3.05, 3.63) is 47.8 Å². The topological polar surface area (TPSA) is 12.0 Å². The van der Waals surface area contributed by atoms with Gasteiger partial charge in [0, 0.05) is 6.54 Å². The number of nitrogens with one attached hydrogen (secondary N) is 1. The molecular weight excluding hydrogens is 189 g/mol. The van der Waals surface area contributed by atoms with Gasteiger partial charge in [0.05, 0.1) is 0 Å². The standard InChI is InChI=1S/C13H18FN/c1-3-11(2)10-15-9-8-12-6-4-5-7-13(12)14/h4-7,15H,2-3,8-10H2,1H3. The Hall–Kier alpha value is -1.15. The van der Waals surface area contributed by atoms with E-state index in [1.54, 1.807) is 6.07 Å². The van der Waals surface area contributed by atoms with E-state index in [-0.39, 0.29) is 5.82 Å². The van der Waals surface area contributed by atoms with Crippen molar-refractivity contribution in [2.24, 2.45) is 0 Å². The molecule has 1 N–H and O–H groups in total. The van der Waals surface area contributed by atoms with Gasteiger partial charge in [-0.15, -0.1) is 0 Å². The highest BCUT2D eigenvalue weighted by molar-refractivity contribution is 5.17. The molecule has 82 valence electrons. The molecule has 0 amide bonds. The Morgan fingerprint density at radius 1 is 1.40 bits per heavy atom. The minimum absolute atomic E-state index is 0.117. The SMILES string of the molecule is C=C(CC)CNCCc1ccccc1F. The zero-order valence-corrected chi connectivity index (χ0v) is 9.22. The third-order valence-corrected chi connectivity index (χ3v) is 2.40. The van der Waals surface area contributed by atoms with Crippen LogP contribution in [0.1, 0.15) is 18.9 Å². The minimum Gasteiger partial charge on any atom is -0.313 e. The Kier molecular flexibility index (Phi) is 5.05. The molecule has 0 spiro atoms. The summed E-state index contributed by atoms with van der Waals surface area (Å²) in [5.74, 6) is -0.117. The number of benzene rings is 1. The van der Waals surface area contributed by atoms with E-state index in [0.717, 1.165) is 31.5 Å². The lowest BCUT2D eigenvalue weighted by atomic mass is 10.1. The van der Waals surface area contributed by atoms with Crippen molar-refractivity contribution < 1.29 is 4.39 Å². The Labute approximate surface area is 91.0 Å². The summed E-state index contributed by atoms with van der Waals surface area (Å²) in [6.45, 7) is 7.60. The molecule has 0 unspecified atom stereocenters. The molecule has 0 aliphatic heterocycles. The maximum absolute atomic E-state index is 13.2. The van der Waals surface area contributed by atoms with E-state index >= 15 is 0 Å². The van der Waals surface area contributed by atoms with Crippen LogP contribution in [-0.4, -0.2) is 13.1 Å². The molecule has 0 aliphatic rings. The summed E-state index contributed by atoms with van der Waals surface area (Å²) in [6.07, 6.45) is 1.72. The maximum atomic E-state index is 13.2. The van der Waals surface area contributed by atoms with Crippen LogP contribution < -0.4 is 5.32 Å². The van der Waals surface area contributed by atoms with E-state index in [1.165, 1.54) is 11.6 Å². The van der Waals surface area contributed by atoms with Gasteiger partial charge in [-0.3, -0.25) is 0 Å². The summed E-state index contributed by atoms with van der Waals surface area (Å²) < 4.78 is 13.2. The third-order valence-electron chi connectivity index (χ3n) is 2.40. The smallest absolute Gasteiger partial charge is 0.126 e. The molecule has 1 rings (SSSR count). The van der Waals surface area contributed by atoms with Crippen LogP contribution in [0, 0.1) is 5.82 Å². The Bertz CT molecular complexity index is 320. The van der Waals surface area contributed by atoms with Crippen LogP contribution in [0.15, 0.2) is 36.4 Å². The van der Waals surface area contributed by atoms with E-state index in [2.05, 4.69) is 18.8 Å². The molecule has 0 radical (unpaired) electrons. The molecule has 0 atom stereocenters. The predicted molar refractivity (Wildman–Crippen MR) is 62.4 cm³/mol. The molecule has 1 aromatic rings. The van der Waals surface area contributed by atoms with Crippen molar-refractivity contribution in [2.45, 2.75) is 19.8 Å². The number of halogens is 1. The lowest BCUT2D eigenvalue weighted by molar-refractivity contribution is 0.601. The van der Waals surface area contributed by atoms with Gasteiger partial charge in [0.15, 0.2) is 0 Å². The second-order valence-electron chi connectivity index (χ2n) is 3.62. The molecule has 1 nitrogen and oxygen atoms in total. The second kappa shape index (κ2) is 6.36. The van der Waals surface area contributed by atoms with Crippen LogP contribution >= 0.6 is 0 Å². The summed E-state index contributed by atoms with van der Waals surface area (Å²) >= 11 is 0. The van der Waals surface area contributed by atoms with E-state index < -0.39 is 0 Å². The average molecular weight is 207 g/mol. The molecule has 0 fully saturated rings. The fourth-order valence-corrected chi connectivity index (χ4v) is 1.31. The van der Waals surface area contributed by atoms with Gasteiger partial charge in [0.2, 0.25) is 0 Å². The van der Waals surface area contributed by atoms with E-state index in [9.17, 15) is 4.39 Å². The van der Waals surface area contributed by atoms with Crippen LogP contribution in [0.5, 0.6) is 0 Å². The number of hydrogen-bond donors (Lipinski definition) is 1. The van der Waals surface area contributed by atoms with Crippen LogP contribution in [0.25, 0.3) is 0 Å². The van der Waals surface area contributed by atoms with Gasteiger partial charge in [-0.1, -0.05) is 37.3 Å². The first kappa shape index (κ1) is 11.9. The lowest BCUT2D eigenvalue weighted by Gasteiger charge is -2.06. The second-order valence-corrected chi connectivity index (χ2v) is 3.62. The number of rotatable bonds is 6. The zero-order valence-electron chi connectivity index (χ0n) is 9.22. The first-order chi connectivity index (χ1) is 7.24. The van der Waals surface area contributed by atoms with Gasteiger partial charge < -0.3 is 5.32 Å². The van der Waals surface area contributed by atoms with Gasteiger partial charge in [0.1, 0.15) is 5.82 Å². The first-order valence-electron chi connectivity index (χ1n) is 5.34. The molecule has 1 aromatic carbocycles. The molecule has 0 bridgehead atoms. The molecule has 0 heterocycles. The van der Waals surface area contributed by atoms with Crippen molar-refractivity contribution in [1.82, 2.24) is 5.32 Å². The van der Waals surface area contributed by atoms with Crippen molar-refractivity contribution >= 4 is 0 Å². The van der Waals surface area contributed by atoms with Crippen molar-refractivity contribution in [1.29, 1.82) is 0 Å². The Morgan fingerprint density at radius 2 is 2.13 bits per heavy atom. The Balaban J connectivity index is 2.26. The summed E-state index contributed by atoms with van der Waals surface area (Å²) in [7, 11) is 0. The fourth-order valence-electron chi connectivity index (χ4n) is 1.31. The molecule has 0 saturated carbocycles. The minimum atomic E-state index is -0.117. The highest BCUT2D eigenvalue weighted by atomic mass is 19.1. The zero-order chi connectivity index (χ0) is 11.1. The van der Waals surface area contributed by atoms with Gasteiger partial charge in [-0.2, -0.15) is 0 Å². The first-order valence-corrected chi connectivity index (χ1v) is 5.34. The van der Waals surface area contributed by atoms with Crippen molar-refractivity contribution in [2.75, 3.05) is 13.1 Å². The van der Waals surface area contributed by atoms with Gasteiger partial charge in [-0.25, -0.2) is 4.39 Å². The van der Waals surface area contributed by atoms with Crippen molar-refractivity contribution in [3.8, 4) is 0 Å². The summed E-state index contributed by atoms with van der Waals surface area (Å²) in [4.78, 5) is 0. The third kappa shape index (κ3) is 4.26. The fraction of sp³-hybridized carbons (Fsp3) is 0.385. The maximum Gasteiger partial charge on any atom is 0.126 e. The molecule has 2 heteroatoms. The monoisotopic (exact) mass is 207 g/mol. The average Bonchev–Trinajstić information content (AvgIpc) is 2.26. The summed E-state index contributed by atoms with van der Waals surface area (Å²) in [5, 5.41) is 3.25. The quantitative estimate of drug-likeness (QED) is 0.558. The van der Waals surface area contributed by atoms with Crippen LogP contribution in [0.4, 0.5) is 4.39 Å². The molecule has 15 heavy (non-hydrogen) atoms. The highest BCUT2D eigenvalue weighted by Crippen LogP contribution is 2.06. The highest BCUT2D eigenvalue weighted by Gasteiger charge is 1.99. The van der Waals surface area contributed by atoms with Crippen LogP contribution in [0.2, 0.25) is 0 Å². The number of hydrogen-bond acceptors (Lipinski definition) is 1. The predicted octanol–water partition coefficient (Wildman–Crippen LogP) is 2.92. The molecule has 0 saturated heterocycles. The normalized spacial score (nSPS) is 10.3. The van der Waals surface area contributed by atoms with E-state index in [0.29, 0.717) is 0 Å². The van der Waals surface area contributed by atoms with E-state index in [4.69, 9.17) is 0 Å². The summed E-state index contributed by atoms with van der Waals surface area (Å²) in [6, 6.07) is 6.90. The summed E-state index contributed by atoms with van der Waals surface area (Å²) in [5.41, 5.74) is 1.95. The van der Waals surface area contributed by atoms with Crippen LogP contribution in [-0.2, 0) is 6.42 Å². The van der Waals surface area contributed by atoms with Gasteiger partial charge in [-0.05, 0) is 31.0 Å². The molecule has 0 aliphatic carbocycles.